The fourth-order valence-corrected chi connectivity index (χ4v) is 3.84. The molecule has 6 nitrogen and oxygen atoms in total. The molecule has 2 atom stereocenters. The van der Waals surface area contributed by atoms with Gasteiger partial charge in [-0.05, 0) is 24.6 Å². The second-order valence-electron chi connectivity index (χ2n) is 7.76. The Labute approximate surface area is 176 Å². The van der Waals surface area contributed by atoms with Gasteiger partial charge in [-0.3, -0.25) is 14.5 Å². The minimum Gasteiger partial charge on any atom is -0.466 e. The van der Waals surface area contributed by atoms with E-state index in [1.807, 2.05) is 50.2 Å². The number of amides is 1. The molecule has 0 aliphatic carbocycles. The Morgan fingerprint density at radius 3 is 2.23 bits per heavy atom. The number of hydrogen-bond acceptors (Lipinski definition) is 5. The lowest BCUT2D eigenvalue weighted by atomic mass is 9.85. The molecule has 1 saturated heterocycles. The number of hydrogen-bond donors (Lipinski definition) is 0. The van der Waals surface area contributed by atoms with Crippen LogP contribution in [-0.4, -0.2) is 41.1 Å². The van der Waals surface area contributed by atoms with Crippen LogP contribution in [0.15, 0.2) is 60.7 Å². The average Bonchev–Trinajstić information content (AvgIpc) is 3.01. The summed E-state index contributed by atoms with van der Waals surface area (Å²) in [5.74, 6) is -1.62. The van der Waals surface area contributed by atoms with E-state index in [2.05, 4.69) is 0 Å². The van der Waals surface area contributed by atoms with Gasteiger partial charge in [0.15, 0.2) is 11.8 Å². The van der Waals surface area contributed by atoms with Crippen molar-refractivity contribution in [3.8, 4) is 0 Å². The molecule has 3 rings (SSSR count). The van der Waals surface area contributed by atoms with Gasteiger partial charge in [-0.2, -0.15) is 0 Å². The minimum absolute atomic E-state index is 0.151. The molecule has 2 aromatic rings. The number of esters is 2. The first kappa shape index (κ1) is 21.6. The molecule has 1 fully saturated rings. The van der Waals surface area contributed by atoms with Gasteiger partial charge < -0.3 is 9.47 Å². The van der Waals surface area contributed by atoms with Gasteiger partial charge in [-0.25, -0.2) is 4.79 Å². The van der Waals surface area contributed by atoms with Crippen LogP contribution in [0.5, 0.6) is 0 Å². The van der Waals surface area contributed by atoms with E-state index >= 15 is 0 Å². The largest absolute Gasteiger partial charge is 0.466 e. The van der Waals surface area contributed by atoms with E-state index in [0.717, 1.165) is 5.56 Å². The molecule has 0 saturated carbocycles. The standard InChI is InChI=1S/C24H27NO5/c1-4-29-20(26)16-24(15-18-11-7-5-8-12-18)23(28)30-22(17(2)3)25(24)21(27)19-13-9-6-10-14-19/h5-14,17,22H,4,15-16H2,1-3H3/t22-,24+/m1/s1. The maximum Gasteiger partial charge on any atom is 0.335 e. The lowest BCUT2D eigenvalue weighted by Gasteiger charge is -2.37. The van der Waals surface area contributed by atoms with E-state index in [4.69, 9.17) is 9.47 Å². The molecule has 0 bridgehead atoms. The molecule has 1 aliphatic heterocycles. The van der Waals surface area contributed by atoms with Crippen molar-refractivity contribution in [2.75, 3.05) is 6.61 Å². The second-order valence-corrected chi connectivity index (χ2v) is 7.76. The number of cyclic esters (lactones) is 1. The van der Waals surface area contributed by atoms with E-state index in [9.17, 15) is 14.4 Å². The van der Waals surface area contributed by atoms with Crippen molar-refractivity contribution in [3.63, 3.8) is 0 Å². The Hall–Kier alpha value is -3.15. The van der Waals surface area contributed by atoms with Crippen molar-refractivity contribution in [3.05, 3.63) is 71.8 Å². The number of carbonyl (C=O) groups is 3. The highest BCUT2D eigenvalue weighted by Crippen LogP contribution is 2.39. The third-order valence-corrected chi connectivity index (χ3v) is 5.21. The van der Waals surface area contributed by atoms with E-state index in [1.165, 1.54) is 4.90 Å². The molecule has 0 aromatic heterocycles. The summed E-state index contributed by atoms with van der Waals surface area (Å²) in [6.07, 6.45) is -0.882. The molecule has 1 aliphatic rings. The first-order valence-corrected chi connectivity index (χ1v) is 10.2. The Kier molecular flexibility index (Phi) is 6.55. The van der Waals surface area contributed by atoms with Crippen LogP contribution in [0.3, 0.4) is 0 Å². The Balaban J connectivity index is 2.12. The monoisotopic (exact) mass is 409 g/mol. The first-order valence-electron chi connectivity index (χ1n) is 10.2. The maximum atomic E-state index is 13.6. The van der Waals surface area contributed by atoms with Crippen LogP contribution in [0.1, 0.15) is 43.1 Å². The minimum atomic E-state index is -1.48. The van der Waals surface area contributed by atoms with Crippen LogP contribution in [0.25, 0.3) is 0 Å². The van der Waals surface area contributed by atoms with Gasteiger partial charge in [-0.1, -0.05) is 62.4 Å². The van der Waals surface area contributed by atoms with Crippen LogP contribution in [-0.2, 0) is 25.5 Å². The zero-order valence-corrected chi connectivity index (χ0v) is 17.5. The molecular weight excluding hydrogens is 382 g/mol. The normalized spacial score (nSPS) is 20.9. The van der Waals surface area contributed by atoms with Crippen LogP contribution in [0, 0.1) is 5.92 Å². The summed E-state index contributed by atoms with van der Waals surface area (Å²) in [6, 6.07) is 18.1. The van der Waals surface area contributed by atoms with Gasteiger partial charge in [0.05, 0.1) is 13.0 Å². The van der Waals surface area contributed by atoms with E-state index in [0.29, 0.717) is 5.56 Å². The molecule has 1 heterocycles. The average molecular weight is 409 g/mol. The van der Waals surface area contributed by atoms with E-state index in [1.54, 1.807) is 31.2 Å². The van der Waals surface area contributed by atoms with Gasteiger partial charge in [0, 0.05) is 17.9 Å². The smallest absolute Gasteiger partial charge is 0.335 e. The molecule has 2 aromatic carbocycles. The van der Waals surface area contributed by atoms with Crippen molar-refractivity contribution >= 4 is 17.8 Å². The summed E-state index contributed by atoms with van der Waals surface area (Å²) in [4.78, 5) is 40.9. The maximum absolute atomic E-state index is 13.6. The lowest BCUT2D eigenvalue weighted by Crippen LogP contribution is -2.57. The fourth-order valence-electron chi connectivity index (χ4n) is 3.84. The summed E-state index contributed by atoms with van der Waals surface area (Å²) in [5.41, 5.74) is -0.216. The lowest BCUT2D eigenvalue weighted by molar-refractivity contribution is -0.153. The quantitative estimate of drug-likeness (QED) is 0.654. The summed E-state index contributed by atoms with van der Waals surface area (Å²) >= 11 is 0. The number of carbonyl (C=O) groups excluding carboxylic acids is 3. The van der Waals surface area contributed by atoms with Crippen molar-refractivity contribution in [2.45, 2.75) is 45.4 Å². The summed E-state index contributed by atoms with van der Waals surface area (Å²) in [7, 11) is 0. The summed E-state index contributed by atoms with van der Waals surface area (Å²) in [5, 5.41) is 0. The predicted molar refractivity (Wildman–Crippen MR) is 111 cm³/mol. The highest BCUT2D eigenvalue weighted by Gasteiger charge is 2.59. The fraction of sp³-hybridized carbons (Fsp3) is 0.375. The molecule has 6 heteroatoms. The third-order valence-electron chi connectivity index (χ3n) is 5.21. The second kappa shape index (κ2) is 9.11. The van der Waals surface area contributed by atoms with Gasteiger partial charge in [0.1, 0.15) is 0 Å². The number of nitrogens with zero attached hydrogens (tertiary/aromatic N) is 1. The predicted octanol–water partition coefficient (Wildman–Crippen LogP) is 3.60. The zero-order valence-electron chi connectivity index (χ0n) is 17.5. The first-order chi connectivity index (χ1) is 14.4. The van der Waals surface area contributed by atoms with Gasteiger partial charge in [0.25, 0.3) is 5.91 Å². The zero-order chi connectivity index (χ0) is 21.7. The van der Waals surface area contributed by atoms with Crippen molar-refractivity contribution in [1.29, 1.82) is 0 Å². The molecule has 0 N–H and O–H groups in total. The van der Waals surface area contributed by atoms with Crippen LogP contribution < -0.4 is 0 Å². The van der Waals surface area contributed by atoms with Crippen LogP contribution in [0.4, 0.5) is 0 Å². The molecule has 0 spiro atoms. The Morgan fingerprint density at radius 2 is 1.67 bits per heavy atom. The number of rotatable bonds is 7. The van der Waals surface area contributed by atoms with Gasteiger partial charge in [-0.15, -0.1) is 0 Å². The van der Waals surface area contributed by atoms with E-state index in [-0.39, 0.29) is 31.3 Å². The number of ether oxygens (including phenoxy) is 2. The third kappa shape index (κ3) is 4.22. The SMILES string of the molecule is CCOC(=O)C[C@@]1(Cc2ccccc2)C(=O)O[C@H](C(C)C)N1C(=O)c1ccccc1. The van der Waals surface area contributed by atoms with Crippen molar-refractivity contribution in [2.24, 2.45) is 5.92 Å². The van der Waals surface area contributed by atoms with Crippen molar-refractivity contribution < 1.29 is 23.9 Å². The molecule has 158 valence electrons. The molecular formula is C24H27NO5. The topological polar surface area (TPSA) is 72.9 Å². The molecule has 0 unspecified atom stereocenters. The van der Waals surface area contributed by atoms with Gasteiger partial charge >= 0.3 is 11.9 Å². The highest BCUT2D eigenvalue weighted by atomic mass is 16.6. The summed E-state index contributed by atoms with van der Waals surface area (Å²) in [6.45, 7) is 5.66. The van der Waals surface area contributed by atoms with Crippen LogP contribution in [0.2, 0.25) is 0 Å². The summed E-state index contributed by atoms with van der Waals surface area (Å²) < 4.78 is 10.9. The Bertz CT molecular complexity index is 896. The molecule has 1 amide bonds. The number of benzene rings is 2. The van der Waals surface area contributed by atoms with Crippen LogP contribution >= 0.6 is 0 Å². The molecule has 0 radical (unpaired) electrons. The van der Waals surface area contributed by atoms with E-state index < -0.39 is 23.7 Å². The van der Waals surface area contributed by atoms with Gasteiger partial charge in [0.2, 0.25) is 0 Å². The highest BCUT2D eigenvalue weighted by molar-refractivity contribution is 6.01. The Morgan fingerprint density at radius 1 is 1.07 bits per heavy atom. The van der Waals surface area contributed by atoms with Crippen molar-refractivity contribution in [1.82, 2.24) is 4.90 Å². The molecule has 30 heavy (non-hydrogen) atoms.